The number of hydroxylamine groups is 1. The van der Waals surface area contributed by atoms with Gasteiger partial charge in [-0.3, -0.25) is 4.84 Å². The van der Waals surface area contributed by atoms with E-state index >= 15 is 0 Å². The molecule has 0 radical (unpaired) electrons. The van der Waals surface area contributed by atoms with E-state index in [4.69, 9.17) is 14.1 Å². The highest BCUT2D eigenvalue weighted by atomic mass is 16.7. The summed E-state index contributed by atoms with van der Waals surface area (Å²) >= 11 is 0. The van der Waals surface area contributed by atoms with Crippen molar-refractivity contribution in [3.05, 3.63) is 59.9 Å². The molecule has 3 heterocycles. The summed E-state index contributed by atoms with van der Waals surface area (Å²) in [6, 6.07) is 11.8. The number of nitrogens with zero attached hydrogens (tertiary/aromatic N) is 3. The highest BCUT2D eigenvalue weighted by Gasteiger charge is 2.59. The van der Waals surface area contributed by atoms with Gasteiger partial charge in [-0.15, -0.1) is 0 Å². The number of hydrogen-bond donors (Lipinski definition) is 0. The van der Waals surface area contributed by atoms with E-state index in [1.807, 2.05) is 48.4 Å². The minimum atomic E-state index is -0.248. The lowest BCUT2D eigenvalue weighted by molar-refractivity contribution is 0.0274. The van der Waals surface area contributed by atoms with Gasteiger partial charge in [-0.05, 0) is 25.3 Å². The van der Waals surface area contributed by atoms with Crippen molar-refractivity contribution in [3.8, 4) is 0 Å². The summed E-state index contributed by atoms with van der Waals surface area (Å²) in [5.74, 6) is 1.47. The third-order valence-electron chi connectivity index (χ3n) is 6.10. The Morgan fingerprint density at radius 1 is 1.25 bits per heavy atom. The van der Waals surface area contributed by atoms with Gasteiger partial charge < -0.3 is 14.2 Å². The van der Waals surface area contributed by atoms with Crippen LogP contribution in [-0.2, 0) is 16.2 Å². The Hall–Kier alpha value is -2.80. The Labute approximate surface area is 163 Å². The number of aromatic nitrogens is 1. The molecule has 2 bridgehead atoms. The van der Waals surface area contributed by atoms with Gasteiger partial charge in [-0.2, -0.15) is 0 Å². The van der Waals surface area contributed by atoms with Crippen molar-refractivity contribution >= 4 is 11.9 Å². The van der Waals surface area contributed by atoms with E-state index in [1.165, 1.54) is 0 Å². The van der Waals surface area contributed by atoms with Crippen molar-refractivity contribution in [2.24, 2.45) is 5.41 Å². The minimum absolute atomic E-state index is 0.0111. The van der Waals surface area contributed by atoms with Gasteiger partial charge in [0.25, 0.3) is 0 Å². The molecule has 2 aliphatic heterocycles. The number of hydrogen-bond acceptors (Lipinski definition) is 6. The highest BCUT2D eigenvalue weighted by Crippen LogP contribution is 2.53. The SMILES string of the molecule is Cc1cc(N2OC3C=CC2C32CCN(C(=O)OCc3ccccc3)CC2)no1. The molecular weight excluding hydrogens is 358 g/mol. The number of piperidine rings is 1. The first-order valence-corrected chi connectivity index (χ1v) is 9.69. The van der Waals surface area contributed by atoms with Crippen LogP contribution < -0.4 is 5.06 Å². The third kappa shape index (κ3) is 2.77. The quantitative estimate of drug-likeness (QED) is 0.759. The number of carbonyl (C=O) groups is 1. The number of likely N-dealkylation sites (tertiary alicyclic amines) is 1. The number of amides is 1. The van der Waals surface area contributed by atoms with E-state index in [0.717, 1.165) is 24.2 Å². The minimum Gasteiger partial charge on any atom is -0.445 e. The second-order valence-corrected chi connectivity index (χ2v) is 7.74. The largest absolute Gasteiger partial charge is 0.445 e. The Morgan fingerprint density at radius 2 is 2.04 bits per heavy atom. The summed E-state index contributed by atoms with van der Waals surface area (Å²) < 4.78 is 10.7. The van der Waals surface area contributed by atoms with Crippen LogP contribution in [0, 0.1) is 12.3 Å². The van der Waals surface area contributed by atoms with Crippen molar-refractivity contribution in [1.29, 1.82) is 0 Å². The fourth-order valence-electron chi connectivity index (χ4n) is 4.55. The molecule has 28 heavy (non-hydrogen) atoms. The molecule has 2 aromatic rings. The second kappa shape index (κ2) is 6.67. The molecule has 1 aromatic heterocycles. The monoisotopic (exact) mass is 381 g/mol. The van der Waals surface area contributed by atoms with E-state index in [9.17, 15) is 4.79 Å². The van der Waals surface area contributed by atoms with Crippen LogP contribution in [0.1, 0.15) is 24.2 Å². The van der Waals surface area contributed by atoms with Gasteiger partial charge in [-0.1, -0.05) is 47.6 Å². The molecule has 5 rings (SSSR count). The molecule has 7 heteroatoms. The van der Waals surface area contributed by atoms with E-state index in [1.54, 1.807) is 4.90 Å². The molecule has 146 valence electrons. The van der Waals surface area contributed by atoms with E-state index in [-0.39, 0.29) is 23.7 Å². The molecule has 1 spiro atoms. The van der Waals surface area contributed by atoms with Crippen molar-refractivity contribution in [2.75, 3.05) is 18.2 Å². The summed E-state index contributed by atoms with van der Waals surface area (Å²) in [6.07, 6.45) is 5.82. The normalized spacial score (nSPS) is 24.9. The van der Waals surface area contributed by atoms with Crippen LogP contribution in [0.15, 0.2) is 53.1 Å². The molecule has 1 aliphatic carbocycles. The Bertz CT molecular complexity index is 886. The van der Waals surface area contributed by atoms with Gasteiger partial charge in [0.15, 0.2) is 5.82 Å². The summed E-state index contributed by atoms with van der Waals surface area (Å²) in [4.78, 5) is 20.4. The summed E-state index contributed by atoms with van der Waals surface area (Å²) in [7, 11) is 0. The maximum atomic E-state index is 12.5. The smallest absolute Gasteiger partial charge is 0.410 e. The van der Waals surface area contributed by atoms with Gasteiger partial charge in [0.1, 0.15) is 18.5 Å². The van der Waals surface area contributed by atoms with Crippen LogP contribution in [0.2, 0.25) is 0 Å². The Balaban J connectivity index is 1.22. The molecule has 7 nitrogen and oxygen atoms in total. The lowest BCUT2D eigenvalue weighted by atomic mass is 9.72. The number of anilines is 1. The van der Waals surface area contributed by atoms with Gasteiger partial charge in [0.05, 0.1) is 6.04 Å². The van der Waals surface area contributed by atoms with Crippen molar-refractivity contribution in [2.45, 2.75) is 38.5 Å². The van der Waals surface area contributed by atoms with Gasteiger partial charge in [0.2, 0.25) is 0 Å². The number of aryl methyl sites for hydroxylation is 1. The van der Waals surface area contributed by atoms with E-state index < -0.39 is 0 Å². The lowest BCUT2D eigenvalue weighted by Crippen LogP contribution is -2.49. The van der Waals surface area contributed by atoms with Crippen LogP contribution in [0.4, 0.5) is 10.6 Å². The molecule has 1 aromatic carbocycles. The standard InChI is InChI=1S/C21H23N3O4/c1-15-13-19(22-27-15)24-17-7-8-18(28-24)21(17)9-11-23(12-10-21)20(25)26-14-16-5-3-2-4-6-16/h2-8,13,17-18H,9-12,14H2,1H3. The number of carbonyl (C=O) groups excluding carboxylic acids is 1. The van der Waals surface area contributed by atoms with Crippen LogP contribution in [0.5, 0.6) is 0 Å². The van der Waals surface area contributed by atoms with Crippen LogP contribution in [0.3, 0.4) is 0 Å². The first kappa shape index (κ1) is 17.3. The summed E-state index contributed by atoms with van der Waals surface area (Å²) in [6.45, 7) is 3.50. The summed E-state index contributed by atoms with van der Waals surface area (Å²) in [5.41, 5.74) is 0.970. The fourth-order valence-corrected chi connectivity index (χ4v) is 4.55. The molecule has 2 atom stereocenters. The van der Waals surface area contributed by atoms with Crippen LogP contribution >= 0.6 is 0 Å². The molecule has 0 saturated carbocycles. The van der Waals surface area contributed by atoms with Crippen LogP contribution in [-0.4, -0.2) is 41.4 Å². The van der Waals surface area contributed by atoms with E-state index in [2.05, 4.69) is 17.3 Å². The molecule has 2 fully saturated rings. The molecule has 1 amide bonds. The molecule has 2 unspecified atom stereocenters. The zero-order chi connectivity index (χ0) is 19.1. The van der Waals surface area contributed by atoms with Gasteiger partial charge >= 0.3 is 6.09 Å². The number of benzene rings is 1. The first-order chi connectivity index (χ1) is 13.7. The van der Waals surface area contributed by atoms with Crippen molar-refractivity contribution in [1.82, 2.24) is 10.1 Å². The molecule has 0 N–H and O–H groups in total. The fraction of sp³-hybridized carbons (Fsp3) is 0.429. The van der Waals surface area contributed by atoms with Crippen molar-refractivity contribution in [3.63, 3.8) is 0 Å². The number of ether oxygens (including phenoxy) is 1. The second-order valence-electron chi connectivity index (χ2n) is 7.74. The Kier molecular flexibility index (Phi) is 4.12. The zero-order valence-electron chi connectivity index (χ0n) is 15.8. The van der Waals surface area contributed by atoms with Crippen molar-refractivity contribution < 1.29 is 18.9 Å². The lowest BCUT2D eigenvalue weighted by Gasteiger charge is -2.40. The predicted molar refractivity (Wildman–Crippen MR) is 101 cm³/mol. The third-order valence-corrected chi connectivity index (χ3v) is 6.10. The van der Waals surface area contributed by atoms with Gasteiger partial charge in [-0.25, -0.2) is 9.86 Å². The predicted octanol–water partition coefficient (Wildman–Crippen LogP) is 3.46. The average Bonchev–Trinajstić information content (AvgIpc) is 3.39. The zero-order valence-corrected chi connectivity index (χ0v) is 15.8. The topological polar surface area (TPSA) is 68.0 Å². The first-order valence-electron chi connectivity index (χ1n) is 9.69. The Morgan fingerprint density at radius 3 is 2.75 bits per heavy atom. The van der Waals surface area contributed by atoms with Gasteiger partial charge in [0, 0.05) is 24.6 Å². The maximum Gasteiger partial charge on any atom is 0.410 e. The summed E-state index contributed by atoms with van der Waals surface area (Å²) in [5, 5.41) is 5.96. The average molecular weight is 381 g/mol. The molecular formula is C21H23N3O4. The van der Waals surface area contributed by atoms with E-state index in [0.29, 0.717) is 25.5 Å². The molecule has 3 aliphatic rings. The highest BCUT2D eigenvalue weighted by molar-refractivity contribution is 5.67. The van der Waals surface area contributed by atoms with Crippen LogP contribution in [0.25, 0.3) is 0 Å². The number of rotatable bonds is 3. The maximum absolute atomic E-state index is 12.5. The molecule has 2 saturated heterocycles.